The highest BCUT2D eigenvalue weighted by atomic mass is 32.2. The lowest BCUT2D eigenvalue weighted by atomic mass is 10.5. The summed E-state index contributed by atoms with van der Waals surface area (Å²) < 4.78 is 1.59. The molecule has 0 aliphatic heterocycles. The molecule has 0 amide bonds. The summed E-state index contributed by atoms with van der Waals surface area (Å²) in [4.78, 5) is 12.1. The van der Waals surface area contributed by atoms with Crippen molar-refractivity contribution in [1.82, 2.24) is 20.2 Å². The molecule has 0 aliphatic carbocycles. The molecule has 0 aromatic carbocycles. The Morgan fingerprint density at radius 1 is 1.64 bits per heavy atom. The van der Waals surface area contributed by atoms with Gasteiger partial charge in [0.15, 0.2) is 6.29 Å². The first kappa shape index (κ1) is 9.35. The largest absolute Gasteiger partial charge is 0.297 e. The maximum atomic E-state index is 10.4. The molecule has 5 nitrogen and oxygen atoms in total. The van der Waals surface area contributed by atoms with Gasteiger partial charge < -0.3 is 0 Å². The second-order valence-electron chi connectivity index (χ2n) is 2.49. The van der Waals surface area contributed by atoms with Crippen molar-refractivity contribution in [2.24, 2.45) is 7.05 Å². The Morgan fingerprint density at radius 3 is 3.07 bits per heavy atom. The summed E-state index contributed by atoms with van der Waals surface area (Å²) in [6.07, 6.45) is 0.837. The van der Waals surface area contributed by atoms with E-state index in [1.54, 1.807) is 11.7 Å². The van der Waals surface area contributed by atoms with Gasteiger partial charge in [0, 0.05) is 17.3 Å². The molecular weight excluding hydrogens is 220 g/mol. The summed E-state index contributed by atoms with van der Waals surface area (Å²) in [5.41, 5.74) is 0. The standard InChI is InChI=1S/C7H6N4OS2/c1-11-7(8-9-10-11)14-6-2-5(3-12)13-4-6/h2-4H,1H3. The van der Waals surface area contributed by atoms with Crippen LogP contribution in [0.3, 0.4) is 0 Å². The third kappa shape index (κ3) is 1.83. The second-order valence-corrected chi connectivity index (χ2v) is 4.47. The lowest BCUT2D eigenvalue weighted by molar-refractivity contribution is 0.112. The summed E-state index contributed by atoms with van der Waals surface area (Å²) in [6.45, 7) is 0. The Bertz CT molecular complexity index is 450. The van der Waals surface area contributed by atoms with E-state index in [0.717, 1.165) is 11.2 Å². The minimum Gasteiger partial charge on any atom is -0.297 e. The van der Waals surface area contributed by atoms with Gasteiger partial charge in [0.05, 0.1) is 4.88 Å². The summed E-state index contributed by atoms with van der Waals surface area (Å²) in [6, 6.07) is 1.82. The molecule has 0 spiro atoms. The molecule has 2 heterocycles. The second kappa shape index (κ2) is 3.89. The van der Waals surface area contributed by atoms with Gasteiger partial charge in [-0.3, -0.25) is 4.79 Å². The van der Waals surface area contributed by atoms with E-state index >= 15 is 0 Å². The molecule has 2 rings (SSSR count). The first-order valence-electron chi connectivity index (χ1n) is 3.73. The molecule has 0 saturated heterocycles. The van der Waals surface area contributed by atoms with Gasteiger partial charge in [-0.25, -0.2) is 4.68 Å². The van der Waals surface area contributed by atoms with E-state index in [1.807, 2.05) is 11.4 Å². The molecule has 2 aromatic rings. The summed E-state index contributed by atoms with van der Waals surface area (Å²) >= 11 is 2.85. The highest BCUT2D eigenvalue weighted by molar-refractivity contribution is 7.99. The molecule has 0 N–H and O–H groups in total. The zero-order valence-corrected chi connectivity index (χ0v) is 8.88. The van der Waals surface area contributed by atoms with Gasteiger partial charge in [-0.2, -0.15) is 0 Å². The number of rotatable bonds is 3. The van der Waals surface area contributed by atoms with Crippen LogP contribution in [0.5, 0.6) is 0 Å². The molecular formula is C7H6N4OS2. The molecule has 0 radical (unpaired) electrons. The Balaban J connectivity index is 2.18. The van der Waals surface area contributed by atoms with Crippen LogP contribution in [-0.4, -0.2) is 26.5 Å². The Labute approximate surface area is 88.1 Å². The summed E-state index contributed by atoms with van der Waals surface area (Å²) in [5, 5.41) is 13.7. The molecule has 0 bridgehead atoms. The molecule has 7 heteroatoms. The van der Waals surface area contributed by atoms with Crippen molar-refractivity contribution in [2.75, 3.05) is 0 Å². The van der Waals surface area contributed by atoms with Crippen LogP contribution in [0.1, 0.15) is 9.67 Å². The van der Waals surface area contributed by atoms with Gasteiger partial charge >= 0.3 is 0 Å². The van der Waals surface area contributed by atoms with Crippen molar-refractivity contribution < 1.29 is 4.79 Å². The van der Waals surface area contributed by atoms with Gasteiger partial charge in [0.2, 0.25) is 5.16 Å². The first-order chi connectivity index (χ1) is 6.79. The monoisotopic (exact) mass is 226 g/mol. The number of thiophene rings is 1. The normalized spacial score (nSPS) is 10.4. The molecule has 0 saturated carbocycles. The van der Waals surface area contributed by atoms with Crippen LogP contribution in [-0.2, 0) is 7.05 Å². The molecule has 0 fully saturated rings. The lowest BCUT2D eigenvalue weighted by Crippen LogP contribution is -1.91. The molecule has 2 aromatic heterocycles. The number of aromatic nitrogens is 4. The average molecular weight is 226 g/mol. The lowest BCUT2D eigenvalue weighted by Gasteiger charge is -1.93. The van der Waals surface area contributed by atoms with Gasteiger partial charge in [-0.1, -0.05) is 0 Å². The topological polar surface area (TPSA) is 60.7 Å². The highest BCUT2D eigenvalue weighted by Crippen LogP contribution is 2.28. The van der Waals surface area contributed by atoms with Crippen molar-refractivity contribution in [3.05, 3.63) is 16.3 Å². The van der Waals surface area contributed by atoms with Crippen LogP contribution >= 0.6 is 23.1 Å². The first-order valence-corrected chi connectivity index (χ1v) is 5.43. The fourth-order valence-electron chi connectivity index (χ4n) is 0.863. The zero-order chi connectivity index (χ0) is 9.97. The van der Waals surface area contributed by atoms with Crippen LogP contribution in [0.4, 0.5) is 0 Å². The third-order valence-corrected chi connectivity index (χ3v) is 3.51. The predicted molar refractivity (Wildman–Crippen MR) is 52.6 cm³/mol. The molecule has 0 aliphatic rings. The number of aldehydes is 1. The van der Waals surface area contributed by atoms with Crippen molar-refractivity contribution in [3.63, 3.8) is 0 Å². The number of tetrazole rings is 1. The zero-order valence-electron chi connectivity index (χ0n) is 7.25. The van der Waals surface area contributed by atoms with E-state index in [9.17, 15) is 4.79 Å². The van der Waals surface area contributed by atoms with Gasteiger partial charge in [-0.15, -0.1) is 16.4 Å². The van der Waals surface area contributed by atoms with Crippen LogP contribution < -0.4 is 0 Å². The Kier molecular flexibility index (Phi) is 2.60. The third-order valence-electron chi connectivity index (χ3n) is 1.50. The van der Waals surface area contributed by atoms with Crippen molar-refractivity contribution in [1.29, 1.82) is 0 Å². The van der Waals surface area contributed by atoms with Gasteiger partial charge in [0.25, 0.3) is 0 Å². The molecule has 14 heavy (non-hydrogen) atoms. The number of nitrogens with zero attached hydrogens (tertiary/aromatic N) is 4. The van der Waals surface area contributed by atoms with E-state index in [2.05, 4.69) is 15.5 Å². The van der Waals surface area contributed by atoms with Crippen LogP contribution in [0.15, 0.2) is 21.5 Å². The number of aryl methyl sites for hydroxylation is 1. The number of hydrogen-bond acceptors (Lipinski definition) is 6. The number of carbonyl (C=O) groups is 1. The SMILES string of the molecule is Cn1nnnc1Sc1csc(C=O)c1. The van der Waals surface area contributed by atoms with Crippen molar-refractivity contribution in [2.45, 2.75) is 10.1 Å². The quantitative estimate of drug-likeness (QED) is 0.737. The van der Waals surface area contributed by atoms with E-state index in [1.165, 1.54) is 23.1 Å². The highest BCUT2D eigenvalue weighted by Gasteiger charge is 2.06. The Morgan fingerprint density at radius 2 is 2.50 bits per heavy atom. The smallest absolute Gasteiger partial charge is 0.213 e. The maximum Gasteiger partial charge on any atom is 0.213 e. The number of carbonyl (C=O) groups excluding carboxylic acids is 1. The van der Waals surface area contributed by atoms with E-state index in [0.29, 0.717) is 10.0 Å². The van der Waals surface area contributed by atoms with Crippen molar-refractivity contribution in [3.8, 4) is 0 Å². The average Bonchev–Trinajstić information content (AvgIpc) is 2.77. The molecule has 72 valence electrons. The fourth-order valence-corrected chi connectivity index (χ4v) is 2.49. The summed E-state index contributed by atoms with van der Waals surface area (Å²) in [5.74, 6) is 0. The van der Waals surface area contributed by atoms with Gasteiger partial charge in [-0.05, 0) is 28.3 Å². The van der Waals surface area contributed by atoms with Crippen molar-refractivity contribution >= 4 is 29.4 Å². The maximum absolute atomic E-state index is 10.4. The van der Waals surface area contributed by atoms with Gasteiger partial charge in [0.1, 0.15) is 0 Å². The van der Waals surface area contributed by atoms with E-state index < -0.39 is 0 Å². The van der Waals surface area contributed by atoms with Crippen LogP contribution in [0.25, 0.3) is 0 Å². The summed E-state index contributed by atoms with van der Waals surface area (Å²) in [7, 11) is 1.77. The molecule has 0 atom stereocenters. The van der Waals surface area contributed by atoms with Crippen LogP contribution in [0, 0.1) is 0 Å². The fraction of sp³-hybridized carbons (Fsp3) is 0.143. The molecule has 0 unspecified atom stereocenters. The predicted octanol–water partition coefficient (Wildman–Crippen LogP) is 1.24. The van der Waals surface area contributed by atoms with Crippen LogP contribution in [0.2, 0.25) is 0 Å². The number of hydrogen-bond donors (Lipinski definition) is 0. The Hall–Kier alpha value is -1.21. The minimum absolute atomic E-state index is 0.709. The van der Waals surface area contributed by atoms with E-state index in [-0.39, 0.29) is 0 Å². The minimum atomic E-state index is 0.709. The van der Waals surface area contributed by atoms with E-state index in [4.69, 9.17) is 0 Å².